The fourth-order valence-electron chi connectivity index (χ4n) is 2.67. The van der Waals surface area contributed by atoms with Crippen LogP contribution >= 0.6 is 0 Å². The Morgan fingerprint density at radius 3 is 2.64 bits per heavy atom. The van der Waals surface area contributed by atoms with Gasteiger partial charge in [0.1, 0.15) is 5.75 Å². The molecule has 0 atom stereocenters. The Morgan fingerprint density at radius 2 is 1.86 bits per heavy atom. The molecule has 1 amide bonds. The average molecular weight is 395 g/mol. The number of hydrogen-bond acceptors (Lipinski definition) is 4. The van der Waals surface area contributed by atoms with Crippen LogP contribution in [0.5, 0.6) is 17.2 Å². The second-order valence-electron chi connectivity index (χ2n) is 6.31. The standard InChI is InChI=1S/C20H20F3NO4/c21-20(22,23)13-28-16-4-1-3-15(12-16)24-19(25)8-6-14-5-7-17-18(11-14)27-10-2-9-26-17/h1,3-5,7,11-12H,2,6,8-10,13H2,(H,24,25). The van der Waals surface area contributed by atoms with E-state index in [0.29, 0.717) is 36.8 Å². The van der Waals surface area contributed by atoms with Crippen LogP contribution in [0.2, 0.25) is 0 Å². The second-order valence-corrected chi connectivity index (χ2v) is 6.31. The zero-order chi connectivity index (χ0) is 20.0. The van der Waals surface area contributed by atoms with E-state index in [1.54, 1.807) is 6.07 Å². The third-order valence-electron chi connectivity index (χ3n) is 3.97. The van der Waals surface area contributed by atoms with E-state index in [4.69, 9.17) is 9.47 Å². The van der Waals surface area contributed by atoms with E-state index in [0.717, 1.165) is 12.0 Å². The molecule has 5 nitrogen and oxygen atoms in total. The lowest BCUT2D eigenvalue weighted by atomic mass is 10.1. The number of hydrogen-bond donors (Lipinski definition) is 1. The van der Waals surface area contributed by atoms with Crippen molar-refractivity contribution in [2.75, 3.05) is 25.1 Å². The number of carbonyl (C=O) groups is 1. The van der Waals surface area contributed by atoms with Gasteiger partial charge in [0.15, 0.2) is 18.1 Å². The molecule has 3 rings (SSSR count). The highest BCUT2D eigenvalue weighted by molar-refractivity contribution is 5.91. The maximum atomic E-state index is 12.2. The molecule has 0 bridgehead atoms. The Hall–Kier alpha value is -2.90. The summed E-state index contributed by atoms with van der Waals surface area (Å²) in [5.41, 5.74) is 1.31. The summed E-state index contributed by atoms with van der Waals surface area (Å²) >= 11 is 0. The summed E-state index contributed by atoms with van der Waals surface area (Å²) in [7, 11) is 0. The molecule has 2 aromatic rings. The first kappa shape index (κ1) is 19.9. The minimum atomic E-state index is -4.41. The first-order valence-electron chi connectivity index (χ1n) is 8.87. The van der Waals surface area contributed by atoms with Gasteiger partial charge in [0.2, 0.25) is 5.91 Å². The summed E-state index contributed by atoms with van der Waals surface area (Å²) in [5.74, 6) is 1.16. The van der Waals surface area contributed by atoms with E-state index in [9.17, 15) is 18.0 Å². The van der Waals surface area contributed by atoms with Gasteiger partial charge in [-0.3, -0.25) is 4.79 Å². The van der Waals surface area contributed by atoms with Crippen molar-refractivity contribution in [2.24, 2.45) is 0 Å². The van der Waals surface area contributed by atoms with Gasteiger partial charge in [-0.2, -0.15) is 13.2 Å². The van der Waals surface area contributed by atoms with Crippen molar-refractivity contribution < 1.29 is 32.2 Å². The van der Waals surface area contributed by atoms with Gasteiger partial charge in [0.05, 0.1) is 13.2 Å². The van der Waals surface area contributed by atoms with Gasteiger partial charge < -0.3 is 19.5 Å². The molecule has 28 heavy (non-hydrogen) atoms. The summed E-state index contributed by atoms with van der Waals surface area (Å²) < 4.78 is 52.6. The molecule has 2 aromatic carbocycles. The Balaban J connectivity index is 1.52. The van der Waals surface area contributed by atoms with E-state index in [1.165, 1.54) is 18.2 Å². The minimum absolute atomic E-state index is 0.0398. The molecular weight excluding hydrogens is 375 g/mol. The van der Waals surface area contributed by atoms with Crippen LogP contribution in [0.3, 0.4) is 0 Å². The van der Waals surface area contributed by atoms with Crippen molar-refractivity contribution in [2.45, 2.75) is 25.4 Å². The molecule has 0 unspecified atom stereocenters. The van der Waals surface area contributed by atoms with Crippen LogP contribution in [0.25, 0.3) is 0 Å². The lowest BCUT2D eigenvalue weighted by molar-refractivity contribution is -0.153. The molecule has 0 fully saturated rings. The summed E-state index contributed by atoms with van der Waals surface area (Å²) in [6.45, 7) is -0.182. The smallest absolute Gasteiger partial charge is 0.422 e. The molecule has 1 heterocycles. The van der Waals surface area contributed by atoms with Crippen LogP contribution in [0.15, 0.2) is 42.5 Å². The fraction of sp³-hybridized carbons (Fsp3) is 0.350. The van der Waals surface area contributed by atoms with E-state index in [-0.39, 0.29) is 18.1 Å². The Morgan fingerprint density at radius 1 is 1.07 bits per heavy atom. The van der Waals surface area contributed by atoms with Gasteiger partial charge >= 0.3 is 6.18 Å². The van der Waals surface area contributed by atoms with Crippen molar-refractivity contribution in [3.8, 4) is 17.2 Å². The lowest BCUT2D eigenvalue weighted by Crippen LogP contribution is -2.19. The summed E-state index contributed by atoms with van der Waals surface area (Å²) in [4.78, 5) is 12.2. The van der Waals surface area contributed by atoms with E-state index in [1.807, 2.05) is 18.2 Å². The molecule has 0 saturated carbocycles. The molecule has 8 heteroatoms. The molecule has 0 radical (unpaired) electrons. The predicted molar refractivity (Wildman–Crippen MR) is 97.0 cm³/mol. The average Bonchev–Trinajstić information content (AvgIpc) is 2.89. The molecule has 0 saturated heterocycles. The predicted octanol–water partition coefficient (Wildman–Crippen LogP) is 4.36. The molecule has 1 aliphatic rings. The summed E-state index contributed by atoms with van der Waals surface area (Å²) in [6, 6.07) is 11.4. The summed E-state index contributed by atoms with van der Waals surface area (Å²) in [5, 5.41) is 2.67. The number of alkyl halides is 3. The highest BCUT2D eigenvalue weighted by Gasteiger charge is 2.28. The zero-order valence-electron chi connectivity index (χ0n) is 15.1. The van der Waals surface area contributed by atoms with Crippen LogP contribution in [-0.2, 0) is 11.2 Å². The molecule has 1 aliphatic heterocycles. The van der Waals surface area contributed by atoms with Crippen LogP contribution in [0, 0.1) is 0 Å². The highest BCUT2D eigenvalue weighted by atomic mass is 19.4. The number of carbonyl (C=O) groups excluding carboxylic acids is 1. The number of nitrogens with one attached hydrogen (secondary N) is 1. The van der Waals surface area contributed by atoms with Gasteiger partial charge in [-0.15, -0.1) is 0 Å². The molecule has 0 spiro atoms. The van der Waals surface area contributed by atoms with Crippen molar-refractivity contribution in [3.63, 3.8) is 0 Å². The first-order chi connectivity index (χ1) is 13.4. The lowest BCUT2D eigenvalue weighted by Gasteiger charge is -2.11. The molecule has 0 aromatic heterocycles. The van der Waals surface area contributed by atoms with Crippen molar-refractivity contribution in [1.29, 1.82) is 0 Å². The Bertz CT molecular complexity index is 823. The highest BCUT2D eigenvalue weighted by Crippen LogP contribution is 2.30. The van der Waals surface area contributed by atoms with E-state index in [2.05, 4.69) is 10.1 Å². The van der Waals surface area contributed by atoms with Crippen molar-refractivity contribution in [1.82, 2.24) is 0 Å². The number of fused-ring (bicyclic) bond motifs is 1. The zero-order valence-corrected chi connectivity index (χ0v) is 15.1. The van der Waals surface area contributed by atoms with Crippen molar-refractivity contribution >= 4 is 11.6 Å². The van der Waals surface area contributed by atoms with E-state index >= 15 is 0 Å². The van der Waals surface area contributed by atoms with Crippen LogP contribution < -0.4 is 19.5 Å². The SMILES string of the molecule is O=C(CCc1ccc2c(c1)OCCCO2)Nc1cccc(OCC(F)(F)F)c1. The monoisotopic (exact) mass is 395 g/mol. The van der Waals surface area contributed by atoms with Gasteiger partial charge in [-0.1, -0.05) is 12.1 Å². The number of benzene rings is 2. The van der Waals surface area contributed by atoms with Gasteiger partial charge in [-0.25, -0.2) is 0 Å². The van der Waals surface area contributed by atoms with Crippen molar-refractivity contribution in [3.05, 3.63) is 48.0 Å². The number of amides is 1. The number of aryl methyl sites for hydroxylation is 1. The maximum absolute atomic E-state index is 12.2. The van der Waals surface area contributed by atoms with E-state index < -0.39 is 12.8 Å². The molecular formula is C20H20F3NO4. The quantitative estimate of drug-likeness (QED) is 0.790. The van der Waals surface area contributed by atoms with Crippen LogP contribution in [0.4, 0.5) is 18.9 Å². The largest absolute Gasteiger partial charge is 0.490 e. The second kappa shape index (κ2) is 8.86. The molecule has 150 valence electrons. The molecule has 0 aliphatic carbocycles. The number of halogens is 3. The third-order valence-corrected chi connectivity index (χ3v) is 3.97. The Labute approximate surface area is 160 Å². The Kier molecular flexibility index (Phi) is 6.28. The number of rotatable bonds is 6. The molecule has 1 N–H and O–H groups in total. The van der Waals surface area contributed by atoms with Gasteiger partial charge in [0.25, 0.3) is 0 Å². The number of ether oxygens (including phenoxy) is 3. The minimum Gasteiger partial charge on any atom is -0.490 e. The topological polar surface area (TPSA) is 56.8 Å². The van der Waals surface area contributed by atoms with Crippen LogP contribution in [0.1, 0.15) is 18.4 Å². The maximum Gasteiger partial charge on any atom is 0.422 e. The fourth-order valence-corrected chi connectivity index (χ4v) is 2.67. The normalized spacial score (nSPS) is 13.5. The summed E-state index contributed by atoms with van der Waals surface area (Å²) in [6.07, 6.45) is -2.89. The first-order valence-corrected chi connectivity index (χ1v) is 8.87. The van der Waals surface area contributed by atoms with Gasteiger partial charge in [0, 0.05) is 24.6 Å². The van der Waals surface area contributed by atoms with Crippen LogP contribution in [-0.4, -0.2) is 31.9 Å². The van der Waals surface area contributed by atoms with Gasteiger partial charge in [-0.05, 0) is 36.2 Å². The third kappa shape index (κ3) is 6.07. The number of anilines is 1.